The lowest BCUT2D eigenvalue weighted by atomic mass is 10.2. The number of piperazine rings is 1. The number of benzene rings is 1. The van der Waals surface area contributed by atoms with Gasteiger partial charge in [0.05, 0.1) is 0 Å². The molecule has 1 aromatic carbocycles. The normalized spacial score (nSPS) is 15.5. The van der Waals surface area contributed by atoms with Gasteiger partial charge in [-0.3, -0.25) is 4.90 Å². The summed E-state index contributed by atoms with van der Waals surface area (Å²) in [6.07, 6.45) is 0.955. The second kappa shape index (κ2) is 10.1. The van der Waals surface area contributed by atoms with E-state index >= 15 is 0 Å². The maximum Gasteiger partial charge on any atom is 0.169 e. The third kappa shape index (κ3) is 6.16. The fourth-order valence-corrected chi connectivity index (χ4v) is 3.14. The maximum atomic E-state index is 13.1. The fourth-order valence-electron chi connectivity index (χ4n) is 2.63. The molecular formula is C17H25ClFN3OS. The zero-order chi connectivity index (χ0) is 17.4. The quantitative estimate of drug-likeness (QED) is 0.586. The highest BCUT2D eigenvalue weighted by Crippen LogP contribution is 2.19. The second-order valence-electron chi connectivity index (χ2n) is 5.78. The zero-order valence-corrected chi connectivity index (χ0v) is 15.6. The zero-order valence-electron chi connectivity index (χ0n) is 14.1. The van der Waals surface area contributed by atoms with Crippen LogP contribution >= 0.6 is 23.8 Å². The topological polar surface area (TPSA) is 27.7 Å². The van der Waals surface area contributed by atoms with Gasteiger partial charge in [0.2, 0.25) is 0 Å². The molecule has 0 radical (unpaired) electrons. The Morgan fingerprint density at radius 1 is 1.33 bits per heavy atom. The van der Waals surface area contributed by atoms with Gasteiger partial charge in [0.15, 0.2) is 5.11 Å². The van der Waals surface area contributed by atoms with E-state index in [9.17, 15) is 4.39 Å². The Labute approximate surface area is 153 Å². The first-order chi connectivity index (χ1) is 11.6. The number of hydrogen-bond acceptors (Lipinski definition) is 3. The van der Waals surface area contributed by atoms with Crippen LogP contribution in [-0.4, -0.2) is 60.8 Å². The Bertz CT molecular complexity index is 539. The number of halogens is 2. The van der Waals surface area contributed by atoms with Gasteiger partial charge in [-0.15, -0.1) is 0 Å². The van der Waals surface area contributed by atoms with Gasteiger partial charge in [-0.2, -0.15) is 0 Å². The van der Waals surface area contributed by atoms with Gasteiger partial charge in [-0.05, 0) is 43.3 Å². The summed E-state index contributed by atoms with van der Waals surface area (Å²) in [5.74, 6) is -0.297. The predicted molar refractivity (Wildman–Crippen MR) is 100.0 cm³/mol. The number of nitrogens with one attached hydrogen (secondary N) is 1. The molecule has 2 rings (SSSR count). The van der Waals surface area contributed by atoms with Crippen molar-refractivity contribution >= 4 is 28.9 Å². The van der Waals surface area contributed by atoms with E-state index < -0.39 is 0 Å². The fraction of sp³-hybridized carbons (Fsp3) is 0.588. The molecule has 0 saturated carbocycles. The lowest BCUT2D eigenvalue weighted by molar-refractivity contribution is 0.145. The van der Waals surface area contributed by atoms with Crippen LogP contribution in [0.2, 0.25) is 5.02 Å². The summed E-state index contributed by atoms with van der Waals surface area (Å²) < 4.78 is 18.4. The molecule has 0 bridgehead atoms. The third-order valence-corrected chi connectivity index (χ3v) is 4.77. The average Bonchev–Trinajstić information content (AvgIpc) is 2.57. The molecule has 1 N–H and O–H groups in total. The first-order valence-electron chi connectivity index (χ1n) is 8.37. The molecule has 24 heavy (non-hydrogen) atoms. The van der Waals surface area contributed by atoms with Crippen LogP contribution in [0.15, 0.2) is 18.2 Å². The lowest BCUT2D eigenvalue weighted by Gasteiger charge is -2.36. The minimum absolute atomic E-state index is 0.297. The van der Waals surface area contributed by atoms with E-state index in [4.69, 9.17) is 28.6 Å². The Kier molecular flexibility index (Phi) is 8.18. The van der Waals surface area contributed by atoms with Gasteiger partial charge in [0.25, 0.3) is 0 Å². The molecule has 1 saturated heterocycles. The van der Waals surface area contributed by atoms with Gasteiger partial charge in [0.1, 0.15) is 5.82 Å². The summed E-state index contributed by atoms with van der Waals surface area (Å²) in [7, 11) is 0. The molecule has 1 aromatic rings. The highest BCUT2D eigenvalue weighted by atomic mass is 35.5. The molecule has 4 nitrogen and oxygen atoms in total. The number of ether oxygens (including phenoxy) is 1. The minimum atomic E-state index is -0.297. The highest BCUT2D eigenvalue weighted by molar-refractivity contribution is 7.80. The number of nitrogens with zero attached hydrogens (tertiary/aromatic N) is 2. The minimum Gasteiger partial charge on any atom is -0.382 e. The molecule has 0 atom stereocenters. The van der Waals surface area contributed by atoms with Gasteiger partial charge in [-0.1, -0.05) is 17.7 Å². The van der Waals surface area contributed by atoms with Crippen molar-refractivity contribution in [3.8, 4) is 0 Å². The van der Waals surface area contributed by atoms with E-state index in [1.54, 1.807) is 6.07 Å². The van der Waals surface area contributed by atoms with Crippen LogP contribution in [0.1, 0.15) is 18.9 Å². The number of hydrogen-bond donors (Lipinski definition) is 1. The van der Waals surface area contributed by atoms with E-state index in [1.807, 2.05) is 6.92 Å². The van der Waals surface area contributed by atoms with Crippen LogP contribution in [0, 0.1) is 5.82 Å². The smallest absolute Gasteiger partial charge is 0.169 e. The van der Waals surface area contributed by atoms with E-state index in [1.165, 1.54) is 12.1 Å². The molecule has 1 fully saturated rings. The van der Waals surface area contributed by atoms with Gasteiger partial charge >= 0.3 is 0 Å². The summed E-state index contributed by atoms with van der Waals surface area (Å²) in [4.78, 5) is 4.51. The van der Waals surface area contributed by atoms with Crippen molar-refractivity contribution in [2.24, 2.45) is 0 Å². The molecule has 134 valence electrons. The highest BCUT2D eigenvalue weighted by Gasteiger charge is 2.19. The Morgan fingerprint density at radius 3 is 2.75 bits per heavy atom. The molecule has 1 aliphatic heterocycles. The second-order valence-corrected chi connectivity index (χ2v) is 6.58. The molecule has 1 heterocycles. The van der Waals surface area contributed by atoms with Crippen molar-refractivity contribution in [2.45, 2.75) is 19.9 Å². The summed E-state index contributed by atoms with van der Waals surface area (Å²) in [6.45, 7) is 8.68. The summed E-state index contributed by atoms with van der Waals surface area (Å²) in [6, 6.07) is 4.59. The van der Waals surface area contributed by atoms with Crippen LogP contribution in [0.4, 0.5) is 4.39 Å². The SMILES string of the molecule is CCOCCCNC(=S)N1CCN(Cc2ccc(F)cc2Cl)CC1. The lowest BCUT2D eigenvalue weighted by Crippen LogP contribution is -2.51. The molecule has 0 spiro atoms. The third-order valence-electron chi connectivity index (χ3n) is 4.01. The van der Waals surface area contributed by atoms with E-state index in [0.717, 1.165) is 69.6 Å². The summed E-state index contributed by atoms with van der Waals surface area (Å²) in [5, 5.41) is 4.59. The molecule has 0 amide bonds. The van der Waals surface area contributed by atoms with Crippen molar-refractivity contribution in [1.82, 2.24) is 15.1 Å². The van der Waals surface area contributed by atoms with E-state index in [2.05, 4.69) is 15.1 Å². The molecule has 0 unspecified atom stereocenters. The Morgan fingerprint density at radius 2 is 2.08 bits per heavy atom. The van der Waals surface area contributed by atoms with Crippen molar-refractivity contribution in [1.29, 1.82) is 0 Å². The van der Waals surface area contributed by atoms with Gasteiger partial charge in [0, 0.05) is 57.5 Å². The number of thiocarbonyl (C=S) groups is 1. The molecule has 7 heteroatoms. The van der Waals surface area contributed by atoms with Crippen molar-refractivity contribution in [2.75, 3.05) is 45.9 Å². The molecule has 0 aliphatic carbocycles. The first kappa shape index (κ1) is 19.4. The molecule has 1 aliphatic rings. The number of rotatable bonds is 7. The van der Waals surface area contributed by atoms with Crippen LogP contribution in [0.25, 0.3) is 0 Å². The monoisotopic (exact) mass is 373 g/mol. The van der Waals surface area contributed by atoms with Crippen molar-refractivity contribution < 1.29 is 9.13 Å². The predicted octanol–water partition coefficient (Wildman–Crippen LogP) is 2.90. The standard InChI is InChI=1S/C17H25ClFN3OS/c1-2-23-11-3-6-20-17(24)22-9-7-21(8-10-22)13-14-4-5-15(19)12-16(14)18/h4-5,12H,2-3,6-11,13H2,1H3,(H,20,24). The summed E-state index contributed by atoms with van der Waals surface area (Å²) >= 11 is 11.6. The Hall–Kier alpha value is -0.950. The van der Waals surface area contributed by atoms with E-state index in [0.29, 0.717) is 5.02 Å². The largest absolute Gasteiger partial charge is 0.382 e. The van der Waals surface area contributed by atoms with Crippen molar-refractivity contribution in [3.63, 3.8) is 0 Å². The van der Waals surface area contributed by atoms with Crippen LogP contribution in [0.5, 0.6) is 0 Å². The van der Waals surface area contributed by atoms with Gasteiger partial charge < -0.3 is 15.0 Å². The molecular weight excluding hydrogens is 349 g/mol. The summed E-state index contributed by atoms with van der Waals surface area (Å²) in [5.41, 5.74) is 0.961. The Balaban J connectivity index is 1.70. The van der Waals surface area contributed by atoms with Crippen LogP contribution in [-0.2, 0) is 11.3 Å². The van der Waals surface area contributed by atoms with Crippen molar-refractivity contribution in [3.05, 3.63) is 34.6 Å². The van der Waals surface area contributed by atoms with Crippen LogP contribution < -0.4 is 5.32 Å². The first-order valence-corrected chi connectivity index (χ1v) is 9.15. The van der Waals surface area contributed by atoms with Gasteiger partial charge in [-0.25, -0.2) is 4.39 Å². The average molecular weight is 374 g/mol. The maximum absolute atomic E-state index is 13.1. The van der Waals surface area contributed by atoms with Crippen LogP contribution in [0.3, 0.4) is 0 Å². The van der Waals surface area contributed by atoms with E-state index in [-0.39, 0.29) is 5.82 Å². The molecule has 0 aromatic heterocycles.